The van der Waals surface area contributed by atoms with Gasteiger partial charge in [0.25, 0.3) is 0 Å². The zero-order valence-corrected chi connectivity index (χ0v) is 5.70. The third-order valence-electron chi connectivity index (χ3n) is 1.45. The minimum atomic E-state index is 1.00. The highest BCUT2D eigenvalue weighted by Crippen LogP contribution is 2.08. The molecule has 0 saturated heterocycles. The van der Waals surface area contributed by atoms with Gasteiger partial charge in [-0.1, -0.05) is 12.1 Å². The van der Waals surface area contributed by atoms with Gasteiger partial charge in [-0.2, -0.15) is 5.10 Å². The third-order valence-corrected chi connectivity index (χ3v) is 1.45. The van der Waals surface area contributed by atoms with E-state index in [0.717, 1.165) is 10.9 Å². The van der Waals surface area contributed by atoms with Crippen molar-refractivity contribution in [3.63, 3.8) is 0 Å². The molecule has 0 aliphatic rings. The number of hydrogen-bond acceptors (Lipinski definition) is 1. The fourth-order valence-corrected chi connectivity index (χ4v) is 1.02. The van der Waals surface area contributed by atoms with E-state index in [0.29, 0.717) is 0 Å². The van der Waals surface area contributed by atoms with Crippen molar-refractivity contribution in [3.05, 3.63) is 30.5 Å². The maximum absolute atomic E-state index is 4.20. The van der Waals surface area contributed by atoms with Crippen LogP contribution in [-0.4, -0.2) is 9.78 Å². The number of hydrogen-bond donors (Lipinski definition) is 0. The predicted octanol–water partition coefficient (Wildman–Crippen LogP) is 1.37. The standard InChI is InChI=1S/C8H7N2/c1-10-6-7-4-2-3-5-8(7)9-10/h2-3,5-6H,1H3. The SMILES string of the molecule is Cn1cc2[c]cccc2n1. The van der Waals surface area contributed by atoms with E-state index in [1.807, 2.05) is 31.4 Å². The van der Waals surface area contributed by atoms with E-state index in [-0.39, 0.29) is 0 Å². The van der Waals surface area contributed by atoms with Crippen LogP contribution in [0.3, 0.4) is 0 Å². The Morgan fingerprint density at radius 2 is 2.50 bits per heavy atom. The van der Waals surface area contributed by atoms with E-state index in [1.165, 1.54) is 0 Å². The molecule has 0 atom stereocenters. The second-order valence-corrected chi connectivity index (χ2v) is 2.27. The monoisotopic (exact) mass is 131 g/mol. The lowest BCUT2D eigenvalue weighted by Gasteiger charge is -1.80. The quantitative estimate of drug-likeness (QED) is 0.528. The van der Waals surface area contributed by atoms with Crippen LogP contribution >= 0.6 is 0 Å². The summed E-state index contributed by atoms with van der Waals surface area (Å²) in [5, 5.41) is 5.27. The van der Waals surface area contributed by atoms with Gasteiger partial charge in [-0.25, -0.2) is 0 Å². The van der Waals surface area contributed by atoms with Gasteiger partial charge in [0.15, 0.2) is 0 Å². The third kappa shape index (κ3) is 0.692. The second kappa shape index (κ2) is 1.84. The first-order valence-corrected chi connectivity index (χ1v) is 3.16. The van der Waals surface area contributed by atoms with Crippen LogP contribution < -0.4 is 0 Å². The summed E-state index contributed by atoms with van der Waals surface area (Å²) in [7, 11) is 1.91. The van der Waals surface area contributed by atoms with E-state index in [2.05, 4.69) is 11.2 Å². The Morgan fingerprint density at radius 1 is 1.60 bits per heavy atom. The van der Waals surface area contributed by atoms with Gasteiger partial charge in [0.1, 0.15) is 0 Å². The van der Waals surface area contributed by atoms with E-state index in [9.17, 15) is 0 Å². The summed E-state index contributed by atoms with van der Waals surface area (Å²) in [6, 6.07) is 8.90. The molecule has 1 heterocycles. The van der Waals surface area contributed by atoms with E-state index in [4.69, 9.17) is 0 Å². The van der Waals surface area contributed by atoms with Crippen molar-refractivity contribution in [3.8, 4) is 0 Å². The van der Waals surface area contributed by atoms with Crippen molar-refractivity contribution in [2.24, 2.45) is 7.05 Å². The Balaban J connectivity index is 2.88. The number of nitrogens with zero attached hydrogens (tertiary/aromatic N) is 2. The van der Waals surface area contributed by atoms with Gasteiger partial charge < -0.3 is 0 Å². The number of fused-ring (bicyclic) bond motifs is 1. The predicted molar refractivity (Wildman–Crippen MR) is 39.6 cm³/mol. The molecule has 10 heavy (non-hydrogen) atoms. The van der Waals surface area contributed by atoms with E-state index < -0.39 is 0 Å². The van der Waals surface area contributed by atoms with Crippen LogP contribution in [0.4, 0.5) is 0 Å². The number of aromatic nitrogens is 2. The van der Waals surface area contributed by atoms with Crippen molar-refractivity contribution >= 4 is 10.9 Å². The van der Waals surface area contributed by atoms with Crippen LogP contribution in [-0.2, 0) is 7.05 Å². The molecule has 0 fully saturated rings. The van der Waals surface area contributed by atoms with Crippen LogP contribution in [0.5, 0.6) is 0 Å². The van der Waals surface area contributed by atoms with E-state index >= 15 is 0 Å². The molecule has 0 aliphatic carbocycles. The molecule has 2 aromatic rings. The minimum absolute atomic E-state index is 1.00. The lowest BCUT2D eigenvalue weighted by molar-refractivity contribution is 0.780. The van der Waals surface area contributed by atoms with Crippen LogP contribution in [0.15, 0.2) is 24.4 Å². The molecule has 49 valence electrons. The summed E-state index contributed by atoms with van der Waals surface area (Å²) in [5.41, 5.74) is 1.00. The number of rotatable bonds is 0. The second-order valence-electron chi connectivity index (χ2n) is 2.27. The highest BCUT2D eigenvalue weighted by Gasteiger charge is 1.93. The maximum Gasteiger partial charge on any atom is 0.0929 e. The summed E-state index contributed by atoms with van der Waals surface area (Å²) in [5.74, 6) is 0. The summed E-state index contributed by atoms with van der Waals surface area (Å²) in [4.78, 5) is 0. The van der Waals surface area contributed by atoms with Gasteiger partial charge in [0.05, 0.1) is 5.52 Å². The Bertz CT molecular complexity index is 316. The van der Waals surface area contributed by atoms with E-state index in [1.54, 1.807) is 4.68 Å². The smallest absolute Gasteiger partial charge is 0.0929 e. The van der Waals surface area contributed by atoms with Crippen molar-refractivity contribution in [2.75, 3.05) is 0 Å². The molecule has 0 N–H and O–H groups in total. The molecule has 1 aromatic heterocycles. The summed E-state index contributed by atoms with van der Waals surface area (Å²) in [6.07, 6.45) is 1.95. The van der Waals surface area contributed by atoms with Gasteiger partial charge in [0, 0.05) is 18.6 Å². The normalized spacial score (nSPS) is 10.5. The first-order valence-electron chi connectivity index (χ1n) is 3.16. The van der Waals surface area contributed by atoms with Gasteiger partial charge in [0.2, 0.25) is 0 Å². The molecule has 0 unspecified atom stereocenters. The molecule has 2 rings (SSSR count). The van der Waals surface area contributed by atoms with Gasteiger partial charge >= 0.3 is 0 Å². The average molecular weight is 131 g/mol. The summed E-state index contributed by atoms with van der Waals surface area (Å²) >= 11 is 0. The molecule has 2 heteroatoms. The highest BCUT2D eigenvalue weighted by atomic mass is 15.2. The van der Waals surface area contributed by atoms with Gasteiger partial charge in [-0.3, -0.25) is 4.68 Å². The first-order chi connectivity index (χ1) is 4.86. The minimum Gasteiger partial charge on any atom is -0.275 e. The molecule has 0 amide bonds. The topological polar surface area (TPSA) is 17.8 Å². The molecule has 0 aliphatic heterocycles. The van der Waals surface area contributed by atoms with Crippen molar-refractivity contribution in [1.29, 1.82) is 0 Å². The Morgan fingerprint density at radius 3 is 3.30 bits per heavy atom. The van der Waals surface area contributed by atoms with Gasteiger partial charge in [-0.05, 0) is 12.1 Å². The average Bonchev–Trinajstić information content (AvgIpc) is 2.27. The molecule has 0 bridgehead atoms. The zero-order valence-electron chi connectivity index (χ0n) is 5.70. The largest absolute Gasteiger partial charge is 0.275 e. The van der Waals surface area contributed by atoms with Crippen LogP contribution in [0.25, 0.3) is 10.9 Å². The molecular weight excluding hydrogens is 124 g/mol. The first kappa shape index (κ1) is 5.47. The number of aryl methyl sites for hydroxylation is 1. The van der Waals surface area contributed by atoms with Crippen LogP contribution in [0, 0.1) is 6.07 Å². The summed E-state index contributed by atoms with van der Waals surface area (Å²) < 4.78 is 1.79. The molecule has 0 saturated carbocycles. The Labute approximate surface area is 59.1 Å². The molecule has 2 nitrogen and oxygen atoms in total. The van der Waals surface area contributed by atoms with Gasteiger partial charge in [-0.15, -0.1) is 0 Å². The van der Waals surface area contributed by atoms with Crippen molar-refractivity contribution in [1.82, 2.24) is 9.78 Å². The lowest BCUT2D eigenvalue weighted by atomic mass is 10.3. The molecular formula is C8H7N2. The molecule has 1 aromatic carbocycles. The van der Waals surface area contributed by atoms with Crippen LogP contribution in [0.2, 0.25) is 0 Å². The highest BCUT2D eigenvalue weighted by molar-refractivity contribution is 5.76. The Hall–Kier alpha value is -1.31. The Kier molecular flexibility index (Phi) is 1.01. The fraction of sp³-hybridized carbons (Fsp3) is 0.125. The summed E-state index contributed by atoms with van der Waals surface area (Å²) in [6.45, 7) is 0. The zero-order chi connectivity index (χ0) is 6.97. The van der Waals surface area contributed by atoms with Crippen molar-refractivity contribution < 1.29 is 0 Å². The van der Waals surface area contributed by atoms with Crippen molar-refractivity contribution in [2.45, 2.75) is 0 Å². The number of benzene rings is 1. The molecule has 0 spiro atoms. The molecule has 1 radical (unpaired) electrons. The van der Waals surface area contributed by atoms with Crippen LogP contribution in [0.1, 0.15) is 0 Å². The lowest BCUT2D eigenvalue weighted by Crippen LogP contribution is -1.84. The fourth-order valence-electron chi connectivity index (χ4n) is 1.02. The maximum atomic E-state index is 4.20.